The summed E-state index contributed by atoms with van der Waals surface area (Å²) in [7, 11) is 0. The van der Waals surface area contributed by atoms with Crippen molar-refractivity contribution < 1.29 is 10.0 Å². The zero-order valence-electron chi connectivity index (χ0n) is 11.7. The molecule has 21 heavy (non-hydrogen) atoms. The molecule has 7 heteroatoms. The second-order valence-electron chi connectivity index (χ2n) is 5.32. The summed E-state index contributed by atoms with van der Waals surface area (Å²) in [4.78, 5) is 25.9. The van der Waals surface area contributed by atoms with Gasteiger partial charge in [0.05, 0.1) is 6.04 Å². The first-order valence-corrected chi connectivity index (χ1v) is 7.09. The van der Waals surface area contributed by atoms with E-state index in [1.54, 1.807) is 0 Å². The Hall–Kier alpha value is -2.31. The van der Waals surface area contributed by atoms with Crippen molar-refractivity contribution in [2.24, 2.45) is 16.8 Å². The summed E-state index contributed by atoms with van der Waals surface area (Å²) in [6, 6.07) is 2.22. The Balaban J connectivity index is 2.14. The van der Waals surface area contributed by atoms with Crippen molar-refractivity contribution in [3.05, 3.63) is 34.2 Å². The molecule has 0 saturated heterocycles. The molecule has 1 heterocycles. The van der Waals surface area contributed by atoms with Gasteiger partial charge in [-0.2, -0.15) is 0 Å². The number of amidine groups is 1. The van der Waals surface area contributed by atoms with Crippen LogP contribution in [0.3, 0.4) is 0 Å². The van der Waals surface area contributed by atoms with Gasteiger partial charge in [0, 0.05) is 17.8 Å². The van der Waals surface area contributed by atoms with Crippen LogP contribution in [0.1, 0.15) is 42.5 Å². The topological polar surface area (TPSA) is 121 Å². The van der Waals surface area contributed by atoms with E-state index in [0.29, 0.717) is 0 Å². The molecule has 0 aliphatic heterocycles. The zero-order valence-corrected chi connectivity index (χ0v) is 11.7. The Labute approximate surface area is 122 Å². The van der Waals surface area contributed by atoms with Crippen molar-refractivity contribution in [3.8, 4) is 0 Å². The zero-order chi connectivity index (χ0) is 15.2. The molecular formula is C14H20N4O3. The summed E-state index contributed by atoms with van der Waals surface area (Å²) < 4.78 is 0. The number of carbonyl (C=O) groups is 1. The lowest BCUT2D eigenvalue weighted by Gasteiger charge is -2.29. The quantitative estimate of drug-likeness (QED) is 0.284. The van der Waals surface area contributed by atoms with Gasteiger partial charge < -0.3 is 21.2 Å². The van der Waals surface area contributed by atoms with Crippen LogP contribution in [0, 0.1) is 5.92 Å². The largest absolute Gasteiger partial charge is 0.409 e. The molecule has 1 aromatic heterocycles. The van der Waals surface area contributed by atoms with E-state index in [1.807, 2.05) is 0 Å². The number of rotatable bonds is 4. The predicted molar refractivity (Wildman–Crippen MR) is 78.3 cm³/mol. The summed E-state index contributed by atoms with van der Waals surface area (Å²) in [6.45, 7) is 0. The van der Waals surface area contributed by atoms with Gasteiger partial charge in [0.15, 0.2) is 5.84 Å². The summed E-state index contributed by atoms with van der Waals surface area (Å²) in [5.74, 6) is -0.246. The van der Waals surface area contributed by atoms with Gasteiger partial charge in [-0.3, -0.25) is 9.59 Å². The molecule has 1 unspecified atom stereocenters. The number of nitrogens with one attached hydrogen (secondary N) is 2. The van der Waals surface area contributed by atoms with Crippen LogP contribution >= 0.6 is 0 Å². The highest BCUT2D eigenvalue weighted by Crippen LogP contribution is 2.26. The monoisotopic (exact) mass is 292 g/mol. The lowest BCUT2D eigenvalue weighted by molar-refractivity contribution is 0.0930. The van der Waals surface area contributed by atoms with Gasteiger partial charge in [-0.1, -0.05) is 24.4 Å². The minimum absolute atomic E-state index is 0.0000839. The number of aromatic nitrogens is 1. The first-order chi connectivity index (χ1) is 10.1. The Morgan fingerprint density at radius 2 is 2.14 bits per heavy atom. The van der Waals surface area contributed by atoms with Gasteiger partial charge in [-0.05, 0) is 24.8 Å². The van der Waals surface area contributed by atoms with E-state index in [2.05, 4.69) is 15.5 Å². The average molecular weight is 292 g/mol. The highest BCUT2D eigenvalue weighted by Gasteiger charge is 2.28. The number of H-pyrrole nitrogens is 1. The van der Waals surface area contributed by atoms with Crippen molar-refractivity contribution >= 4 is 11.7 Å². The predicted octanol–water partition coefficient (Wildman–Crippen LogP) is 0.800. The molecule has 1 aliphatic rings. The van der Waals surface area contributed by atoms with Crippen LogP contribution in [0.4, 0.5) is 0 Å². The minimum Gasteiger partial charge on any atom is -0.409 e. The molecule has 1 amide bonds. The maximum Gasteiger partial charge on any atom is 0.252 e. The molecule has 1 fully saturated rings. The molecule has 1 aromatic rings. The third-order valence-corrected chi connectivity index (χ3v) is 3.88. The van der Waals surface area contributed by atoms with Crippen molar-refractivity contribution in [3.63, 3.8) is 0 Å². The first-order valence-electron chi connectivity index (χ1n) is 7.09. The molecule has 0 bridgehead atoms. The second-order valence-corrected chi connectivity index (χ2v) is 5.32. The van der Waals surface area contributed by atoms with Gasteiger partial charge >= 0.3 is 0 Å². The van der Waals surface area contributed by atoms with Gasteiger partial charge in [-0.15, -0.1) is 0 Å². The number of hydrogen-bond acceptors (Lipinski definition) is 4. The SMILES string of the molecule is N/C(=N/O)C(NC(=O)c1cc[nH]c(=O)c1)C1CCCCC1. The molecule has 0 spiro atoms. The van der Waals surface area contributed by atoms with Crippen molar-refractivity contribution in [1.29, 1.82) is 0 Å². The number of nitrogens with two attached hydrogens (primary N) is 1. The van der Waals surface area contributed by atoms with Gasteiger partial charge in [0.25, 0.3) is 5.91 Å². The van der Waals surface area contributed by atoms with Gasteiger partial charge in [-0.25, -0.2) is 0 Å². The molecule has 7 nitrogen and oxygen atoms in total. The number of pyridine rings is 1. The Kier molecular flexibility index (Phi) is 4.97. The van der Waals surface area contributed by atoms with Crippen molar-refractivity contribution in [2.45, 2.75) is 38.1 Å². The molecule has 114 valence electrons. The molecule has 5 N–H and O–H groups in total. The van der Waals surface area contributed by atoms with Gasteiger partial charge in [0.2, 0.25) is 5.56 Å². The highest BCUT2D eigenvalue weighted by molar-refractivity contribution is 5.98. The standard InChI is InChI=1S/C14H20N4O3/c15-13(18-21)12(9-4-2-1-3-5-9)17-14(20)10-6-7-16-11(19)8-10/h6-9,12,21H,1-5H2,(H2,15,18)(H,16,19)(H,17,20). The average Bonchev–Trinajstić information content (AvgIpc) is 2.52. The Bertz CT molecular complexity index is 576. The maximum atomic E-state index is 12.2. The van der Waals surface area contributed by atoms with E-state index < -0.39 is 11.9 Å². The number of amides is 1. The fourth-order valence-electron chi connectivity index (χ4n) is 2.77. The van der Waals surface area contributed by atoms with Crippen molar-refractivity contribution in [2.75, 3.05) is 0 Å². The normalized spacial score (nSPS) is 18.2. The fourth-order valence-corrected chi connectivity index (χ4v) is 2.77. The second kappa shape index (κ2) is 6.92. The summed E-state index contributed by atoms with van der Waals surface area (Å²) in [5.41, 5.74) is 5.63. The van der Waals surface area contributed by atoms with Crippen molar-refractivity contribution in [1.82, 2.24) is 10.3 Å². The third-order valence-electron chi connectivity index (χ3n) is 3.88. The number of oxime groups is 1. The Morgan fingerprint density at radius 3 is 2.76 bits per heavy atom. The minimum atomic E-state index is -0.512. The van der Waals surface area contributed by atoms with Crippen LogP contribution < -0.4 is 16.6 Å². The first kappa shape index (κ1) is 15.1. The Morgan fingerprint density at radius 1 is 1.43 bits per heavy atom. The van der Waals surface area contributed by atoms with Crippen LogP contribution in [-0.4, -0.2) is 28.0 Å². The molecule has 0 aromatic carbocycles. The lowest BCUT2D eigenvalue weighted by Crippen LogP contribution is -2.49. The highest BCUT2D eigenvalue weighted by atomic mass is 16.4. The lowest BCUT2D eigenvalue weighted by atomic mass is 9.83. The fraction of sp³-hybridized carbons (Fsp3) is 0.500. The molecular weight excluding hydrogens is 272 g/mol. The van der Waals surface area contributed by atoms with E-state index in [4.69, 9.17) is 10.9 Å². The van der Waals surface area contributed by atoms with E-state index in [1.165, 1.54) is 24.8 Å². The maximum absolute atomic E-state index is 12.2. The summed E-state index contributed by atoms with van der Waals surface area (Å²) in [6.07, 6.45) is 6.58. The smallest absolute Gasteiger partial charge is 0.252 e. The molecule has 1 saturated carbocycles. The third kappa shape index (κ3) is 3.84. The van der Waals surface area contributed by atoms with Crippen LogP contribution in [0.25, 0.3) is 0 Å². The van der Waals surface area contributed by atoms with Crippen LogP contribution in [0.2, 0.25) is 0 Å². The van der Waals surface area contributed by atoms with Crippen LogP contribution in [0.15, 0.2) is 28.3 Å². The van der Waals surface area contributed by atoms with Gasteiger partial charge in [0.1, 0.15) is 0 Å². The number of hydrogen-bond donors (Lipinski definition) is 4. The molecule has 1 aliphatic carbocycles. The molecule has 0 radical (unpaired) electrons. The van der Waals surface area contributed by atoms with Crippen LogP contribution in [0.5, 0.6) is 0 Å². The van der Waals surface area contributed by atoms with E-state index >= 15 is 0 Å². The van der Waals surface area contributed by atoms with E-state index in [9.17, 15) is 9.59 Å². The summed E-state index contributed by atoms with van der Waals surface area (Å²) >= 11 is 0. The molecule has 2 rings (SSSR count). The summed E-state index contributed by atoms with van der Waals surface area (Å²) in [5, 5.41) is 14.7. The number of aromatic amines is 1. The van der Waals surface area contributed by atoms with Crippen LogP contribution in [-0.2, 0) is 0 Å². The van der Waals surface area contributed by atoms with E-state index in [0.717, 1.165) is 25.7 Å². The van der Waals surface area contributed by atoms with E-state index in [-0.39, 0.29) is 22.9 Å². The number of nitrogens with zero attached hydrogens (tertiary/aromatic N) is 1. The molecule has 1 atom stereocenters. The number of carbonyl (C=O) groups excluding carboxylic acids is 1.